The summed E-state index contributed by atoms with van der Waals surface area (Å²) in [6, 6.07) is 12.7. The molecule has 2 aromatic heterocycles. The van der Waals surface area contributed by atoms with Crippen LogP contribution in [-0.4, -0.2) is 20.5 Å². The highest BCUT2D eigenvalue weighted by Gasteiger charge is 2.21. The summed E-state index contributed by atoms with van der Waals surface area (Å²) in [5.74, 6) is 2.65. The number of benzene rings is 1. The summed E-state index contributed by atoms with van der Waals surface area (Å²) in [6.07, 6.45) is 1.74. The van der Waals surface area contributed by atoms with Gasteiger partial charge in [0.05, 0.1) is 30.4 Å². The molecule has 0 aliphatic rings. The van der Waals surface area contributed by atoms with Gasteiger partial charge < -0.3 is 8.98 Å². The van der Waals surface area contributed by atoms with Gasteiger partial charge in [0.15, 0.2) is 0 Å². The Morgan fingerprint density at radius 2 is 1.87 bits per heavy atom. The first-order valence-corrected chi connectivity index (χ1v) is 8.23. The fourth-order valence-electron chi connectivity index (χ4n) is 2.89. The van der Waals surface area contributed by atoms with Crippen molar-refractivity contribution in [1.82, 2.24) is 14.5 Å². The molecule has 3 rings (SSSR count). The Kier molecular flexibility index (Phi) is 4.53. The molecule has 0 aliphatic heterocycles. The van der Waals surface area contributed by atoms with Crippen LogP contribution in [0.1, 0.15) is 32.4 Å². The molecule has 0 spiro atoms. The lowest BCUT2D eigenvalue weighted by Crippen LogP contribution is -2.36. The fraction of sp³-hybridized carbons (Fsp3) is 0.421. The molecule has 0 fully saturated rings. The molecule has 0 radical (unpaired) electrons. The van der Waals surface area contributed by atoms with E-state index in [1.165, 1.54) is 5.52 Å². The van der Waals surface area contributed by atoms with Crippen LogP contribution in [0.2, 0.25) is 0 Å². The van der Waals surface area contributed by atoms with Gasteiger partial charge in [-0.3, -0.25) is 4.90 Å². The lowest BCUT2D eigenvalue weighted by atomic mass is 10.0. The zero-order chi connectivity index (χ0) is 16.4. The predicted molar refractivity (Wildman–Crippen MR) is 93.0 cm³/mol. The molecule has 0 bridgehead atoms. The zero-order valence-electron chi connectivity index (χ0n) is 14.4. The van der Waals surface area contributed by atoms with Gasteiger partial charge in [0, 0.05) is 13.1 Å². The first-order valence-electron chi connectivity index (χ1n) is 8.23. The highest BCUT2D eigenvalue weighted by atomic mass is 16.3. The van der Waals surface area contributed by atoms with E-state index in [1.54, 1.807) is 6.26 Å². The molecule has 3 aromatic rings. The molecule has 0 aliphatic carbocycles. The van der Waals surface area contributed by atoms with E-state index < -0.39 is 0 Å². The predicted octanol–water partition coefficient (Wildman–Crippen LogP) is 4.21. The second-order valence-electron chi connectivity index (χ2n) is 6.54. The zero-order valence-corrected chi connectivity index (χ0v) is 14.4. The Bertz CT molecular complexity index is 758. The highest BCUT2D eigenvalue weighted by molar-refractivity contribution is 5.75. The molecular weight excluding hydrogens is 286 g/mol. The van der Waals surface area contributed by atoms with Gasteiger partial charge in [-0.05, 0) is 37.1 Å². The minimum absolute atomic E-state index is 0.444. The maximum absolute atomic E-state index is 5.55. The Morgan fingerprint density at radius 1 is 1.09 bits per heavy atom. The normalized spacial score (nSPS) is 13.3. The van der Waals surface area contributed by atoms with Gasteiger partial charge in [-0.1, -0.05) is 26.0 Å². The van der Waals surface area contributed by atoms with Crippen molar-refractivity contribution >= 4 is 11.0 Å². The van der Waals surface area contributed by atoms with Crippen LogP contribution in [0.15, 0.2) is 47.1 Å². The number of aryl methyl sites for hydroxylation is 1. The number of furan rings is 1. The highest BCUT2D eigenvalue weighted by Crippen LogP contribution is 2.20. The number of hydrogen-bond acceptors (Lipinski definition) is 3. The van der Waals surface area contributed by atoms with Crippen LogP contribution in [-0.2, 0) is 20.1 Å². The molecule has 4 nitrogen and oxygen atoms in total. The standard InChI is InChI=1S/C19H25N3O/c1-14(2)15(3)22(12-16-8-7-11-23-16)13-19-20-17-9-5-6-10-18(17)21(19)4/h5-11,14-15H,12-13H2,1-4H3. The average Bonchev–Trinajstić information content (AvgIpc) is 3.15. The van der Waals surface area contributed by atoms with Crippen LogP contribution in [0.3, 0.4) is 0 Å². The molecule has 0 saturated heterocycles. The second-order valence-corrected chi connectivity index (χ2v) is 6.54. The maximum Gasteiger partial charge on any atom is 0.123 e. The summed E-state index contributed by atoms with van der Waals surface area (Å²) in [7, 11) is 2.09. The number of hydrogen-bond donors (Lipinski definition) is 0. The van der Waals surface area contributed by atoms with E-state index in [0.29, 0.717) is 12.0 Å². The van der Waals surface area contributed by atoms with Crippen molar-refractivity contribution in [3.8, 4) is 0 Å². The third kappa shape index (κ3) is 3.32. The van der Waals surface area contributed by atoms with Crippen molar-refractivity contribution in [2.45, 2.75) is 39.9 Å². The minimum atomic E-state index is 0.444. The molecule has 0 N–H and O–H groups in total. The molecule has 23 heavy (non-hydrogen) atoms. The molecule has 0 saturated carbocycles. The first-order chi connectivity index (χ1) is 11.1. The van der Waals surface area contributed by atoms with Crippen LogP contribution >= 0.6 is 0 Å². The summed E-state index contributed by atoms with van der Waals surface area (Å²) < 4.78 is 7.74. The summed E-state index contributed by atoms with van der Waals surface area (Å²) >= 11 is 0. The van der Waals surface area contributed by atoms with Crippen LogP contribution in [0.4, 0.5) is 0 Å². The summed E-state index contributed by atoms with van der Waals surface area (Å²) in [5.41, 5.74) is 2.23. The number of imidazole rings is 1. The van der Waals surface area contributed by atoms with Gasteiger partial charge in [-0.2, -0.15) is 0 Å². The Morgan fingerprint density at radius 3 is 2.52 bits per heavy atom. The van der Waals surface area contributed by atoms with E-state index in [4.69, 9.17) is 9.40 Å². The van der Waals surface area contributed by atoms with Gasteiger partial charge in [-0.25, -0.2) is 4.98 Å². The van der Waals surface area contributed by atoms with Gasteiger partial charge in [0.2, 0.25) is 0 Å². The Balaban J connectivity index is 1.88. The molecule has 1 unspecified atom stereocenters. The lowest BCUT2D eigenvalue weighted by Gasteiger charge is -2.30. The summed E-state index contributed by atoms with van der Waals surface area (Å²) in [4.78, 5) is 7.25. The average molecular weight is 311 g/mol. The summed E-state index contributed by atoms with van der Waals surface area (Å²) in [5, 5.41) is 0. The topological polar surface area (TPSA) is 34.2 Å². The van der Waals surface area contributed by atoms with Crippen molar-refractivity contribution in [2.24, 2.45) is 13.0 Å². The molecule has 122 valence electrons. The van der Waals surface area contributed by atoms with Gasteiger partial charge in [-0.15, -0.1) is 0 Å². The number of para-hydroxylation sites is 2. The molecule has 1 aromatic carbocycles. The fourth-order valence-corrected chi connectivity index (χ4v) is 2.89. The second kappa shape index (κ2) is 6.59. The largest absolute Gasteiger partial charge is 0.468 e. The SMILES string of the molecule is CC(C)C(C)N(Cc1ccco1)Cc1nc2ccccc2n1C. The van der Waals surface area contributed by atoms with Crippen molar-refractivity contribution in [1.29, 1.82) is 0 Å². The molecule has 2 heterocycles. The molecular formula is C19H25N3O. The van der Waals surface area contributed by atoms with Crippen LogP contribution < -0.4 is 0 Å². The van der Waals surface area contributed by atoms with Crippen LogP contribution in [0.25, 0.3) is 11.0 Å². The van der Waals surface area contributed by atoms with Gasteiger partial charge >= 0.3 is 0 Å². The molecule has 1 atom stereocenters. The maximum atomic E-state index is 5.55. The van der Waals surface area contributed by atoms with Crippen LogP contribution in [0, 0.1) is 5.92 Å². The van der Waals surface area contributed by atoms with Gasteiger partial charge in [0.25, 0.3) is 0 Å². The van der Waals surface area contributed by atoms with Crippen molar-refractivity contribution in [3.05, 3.63) is 54.2 Å². The first kappa shape index (κ1) is 15.8. The number of nitrogens with zero attached hydrogens (tertiary/aromatic N) is 3. The van der Waals surface area contributed by atoms with E-state index >= 15 is 0 Å². The third-order valence-corrected chi connectivity index (χ3v) is 4.70. The minimum Gasteiger partial charge on any atom is -0.468 e. The molecule has 0 amide bonds. The van der Waals surface area contributed by atoms with E-state index in [2.05, 4.69) is 55.5 Å². The Labute approximate surface area is 137 Å². The Hall–Kier alpha value is -2.07. The van der Waals surface area contributed by atoms with E-state index in [1.807, 2.05) is 18.2 Å². The van der Waals surface area contributed by atoms with Crippen LogP contribution in [0.5, 0.6) is 0 Å². The number of rotatable bonds is 6. The smallest absolute Gasteiger partial charge is 0.123 e. The van der Waals surface area contributed by atoms with Crippen molar-refractivity contribution in [3.63, 3.8) is 0 Å². The van der Waals surface area contributed by atoms with Crippen molar-refractivity contribution < 1.29 is 4.42 Å². The number of aromatic nitrogens is 2. The lowest BCUT2D eigenvalue weighted by molar-refractivity contribution is 0.136. The quantitative estimate of drug-likeness (QED) is 0.684. The van der Waals surface area contributed by atoms with E-state index in [0.717, 1.165) is 30.2 Å². The monoisotopic (exact) mass is 311 g/mol. The van der Waals surface area contributed by atoms with E-state index in [-0.39, 0.29) is 0 Å². The summed E-state index contributed by atoms with van der Waals surface area (Å²) in [6.45, 7) is 8.40. The van der Waals surface area contributed by atoms with Crippen molar-refractivity contribution in [2.75, 3.05) is 0 Å². The third-order valence-electron chi connectivity index (χ3n) is 4.70. The molecule has 4 heteroatoms. The van der Waals surface area contributed by atoms with Gasteiger partial charge in [0.1, 0.15) is 11.6 Å². The van der Waals surface area contributed by atoms with E-state index in [9.17, 15) is 0 Å². The number of fused-ring (bicyclic) bond motifs is 1.